The Bertz CT molecular complexity index is 2920. The summed E-state index contributed by atoms with van der Waals surface area (Å²) < 4.78 is 5.18. The van der Waals surface area contributed by atoms with E-state index in [2.05, 4.69) is 174 Å². The monoisotopic (exact) mass is 734 g/mol. The molecule has 0 N–H and O–H groups in total. The first-order chi connectivity index (χ1) is 28.3. The fraction of sp³-hybridized carbons (Fsp3) is 0.164. The fourth-order valence-electron chi connectivity index (χ4n) is 10.7. The topological polar surface area (TPSA) is 9.86 Å². The number of aromatic nitrogens is 2. The van der Waals surface area contributed by atoms with Crippen LogP contribution in [-0.4, -0.2) is 9.13 Å². The number of allylic oxidation sites excluding steroid dienone is 15. The Labute approximate surface area is 335 Å². The van der Waals surface area contributed by atoms with Gasteiger partial charge in [-0.05, 0) is 116 Å². The molecule has 276 valence electrons. The molecule has 11 rings (SSSR count). The third-order valence-corrected chi connectivity index (χ3v) is 13.1. The second-order valence-electron chi connectivity index (χ2n) is 16.1. The van der Waals surface area contributed by atoms with E-state index in [0.717, 1.165) is 51.4 Å². The van der Waals surface area contributed by atoms with Crippen LogP contribution in [0.5, 0.6) is 0 Å². The first-order valence-corrected chi connectivity index (χ1v) is 20.9. The zero-order chi connectivity index (χ0) is 37.9. The molecule has 0 fully saturated rings. The molecule has 2 heterocycles. The minimum atomic E-state index is -0.357. The van der Waals surface area contributed by atoms with Crippen molar-refractivity contribution in [3.8, 4) is 16.8 Å². The quantitative estimate of drug-likeness (QED) is 0.145. The van der Waals surface area contributed by atoms with Gasteiger partial charge >= 0.3 is 0 Å². The predicted molar refractivity (Wildman–Crippen MR) is 243 cm³/mol. The fourth-order valence-corrected chi connectivity index (χ4v) is 10.7. The van der Waals surface area contributed by atoms with Crippen LogP contribution in [0.2, 0.25) is 0 Å². The zero-order valence-corrected chi connectivity index (χ0v) is 32.4. The lowest BCUT2D eigenvalue weighted by Crippen LogP contribution is -2.26. The highest BCUT2D eigenvalue weighted by atomic mass is 15.0. The summed E-state index contributed by atoms with van der Waals surface area (Å²) in [5.74, 6) is 0. The number of para-hydroxylation sites is 1. The van der Waals surface area contributed by atoms with E-state index in [-0.39, 0.29) is 5.41 Å². The smallest absolute Gasteiger partial charge is 0.0611 e. The third-order valence-electron chi connectivity index (χ3n) is 13.1. The molecular weight excluding hydrogens is 689 g/mol. The molecule has 0 radical (unpaired) electrons. The van der Waals surface area contributed by atoms with Crippen molar-refractivity contribution in [3.63, 3.8) is 0 Å². The van der Waals surface area contributed by atoms with E-state index in [1.165, 1.54) is 94.7 Å². The van der Waals surface area contributed by atoms with Gasteiger partial charge in [-0.3, -0.25) is 0 Å². The van der Waals surface area contributed by atoms with Crippen molar-refractivity contribution in [2.24, 2.45) is 0 Å². The van der Waals surface area contributed by atoms with E-state index in [9.17, 15) is 0 Å². The maximum absolute atomic E-state index is 3.92. The molecule has 0 spiro atoms. The predicted octanol–water partition coefficient (Wildman–Crippen LogP) is 14.1. The SMILES string of the molecule is C=C/C=C\C=CC1(C2=CC=CCC2)c2ccccc2-c2c(-n3c4c(c5ccccc53)C=C(c3ccc5c(c3)c3c(n5C5=CC=CCC5)CCC=C3)CC4)cccc21. The van der Waals surface area contributed by atoms with E-state index in [1.54, 1.807) is 0 Å². The Kier molecular flexibility index (Phi) is 8.14. The molecule has 1 atom stereocenters. The van der Waals surface area contributed by atoms with Crippen LogP contribution in [0.3, 0.4) is 0 Å². The summed E-state index contributed by atoms with van der Waals surface area (Å²) in [5.41, 5.74) is 20.2. The van der Waals surface area contributed by atoms with Gasteiger partial charge < -0.3 is 9.13 Å². The summed E-state index contributed by atoms with van der Waals surface area (Å²) in [4.78, 5) is 0. The van der Waals surface area contributed by atoms with Gasteiger partial charge in [-0.25, -0.2) is 0 Å². The summed E-state index contributed by atoms with van der Waals surface area (Å²) >= 11 is 0. The second-order valence-corrected chi connectivity index (χ2v) is 16.1. The van der Waals surface area contributed by atoms with E-state index >= 15 is 0 Å². The Balaban J connectivity index is 1.09. The number of hydrogen-bond acceptors (Lipinski definition) is 0. The Hall–Kier alpha value is -6.38. The van der Waals surface area contributed by atoms with Crippen molar-refractivity contribution in [2.75, 3.05) is 0 Å². The molecule has 6 aromatic rings. The lowest BCUT2D eigenvalue weighted by atomic mass is 9.69. The number of benzene rings is 4. The molecular formula is C55H46N2. The first-order valence-electron chi connectivity index (χ1n) is 20.9. The van der Waals surface area contributed by atoms with Crippen LogP contribution in [0.25, 0.3) is 62.0 Å². The maximum Gasteiger partial charge on any atom is 0.0611 e. The van der Waals surface area contributed by atoms with Gasteiger partial charge in [0.2, 0.25) is 0 Å². The molecule has 5 aliphatic rings. The van der Waals surface area contributed by atoms with Crippen molar-refractivity contribution in [3.05, 3.63) is 209 Å². The number of hydrogen-bond donors (Lipinski definition) is 0. The minimum absolute atomic E-state index is 0.357. The molecule has 2 aromatic heterocycles. The Morgan fingerprint density at radius 3 is 2.30 bits per heavy atom. The van der Waals surface area contributed by atoms with Crippen LogP contribution in [0.15, 0.2) is 170 Å². The number of rotatable bonds is 7. The molecule has 0 saturated heterocycles. The first kappa shape index (κ1) is 33.9. The van der Waals surface area contributed by atoms with Crippen LogP contribution in [0, 0.1) is 0 Å². The zero-order valence-electron chi connectivity index (χ0n) is 32.4. The molecule has 57 heavy (non-hydrogen) atoms. The number of nitrogens with zero attached hydrogens (tertiary/aromatic N) is 2. The lowest BCUT2D eigenvalue weighted by Gasteiger charge is -2.33. The normalized spacial score (nSPS) is 19.5. The molecule has 4 aromatic carbocycles. The van der Waals surface area contributed by atoms with Gasteiger partial charge in [0.15, 0.2) is 0 Å². The Morgan fingerprint density at radius 2 is 1.42 bits per heavy atom. The highest BCUT2D eigenvalue weighted by molar-refractivity contribution is 6.02. The largest absolute Gasteiger partial charge is 0.317 e. The molecule has 0 aliphatic heterocycles. The van der Waals surface area contributed by atoms with Crippen LogP contribution >= 0.6 is 0 Å². The molecule has 0 saturated carbocycles. The van der Waals surface area contributed by atoms with Crippen molar-refractivity contribution in [1.29, 1.82) is 0 Å². The van der Waals surface area contributed by atoms with E-state index < -0.39 is 0 Å². The second kappa shape index (κ2) is 13.7. The highest BCUT2D eigenvalue weighted by Crippen LogP contribution is 2.57. The maximum atomic E-state index is 3.92. The average molecular weight is 735 g/mol. The van der Waals surface area contributed by atoms with Gasteiger partial charge in [-0.15, -0.1) is 0 Å². The van der Waals surface area contributed by atoms with Crippen molar-refractivity contribution < 1.29 is 0 Å². The van der Waals surface area contributed by atoms with Crippen molar-refractivity contribution in [2.45, 2.75) is 56.8 Å². The van der Waals surface area contributed by atoms with E-state index in [1.807, 2.05) is 12.2 Å². The van der Waals surface area contributed by atoms with Crippen LogP contribution in [0.4, 0.5) is 0 Å². The molecule has 2 nitrogen and oxygen atoms in total. The third kappa shape index (κ3) is 5.16. The van der Waals surface area contributed by atoms with Crippen LogP contribution in [0.1, 0.15) is 77.7 Å². The van der Waals surface area contributed by atoms with Gasteiger partial charge in [0, 0.05) is 44.5 Å². The Morgan fingerprint density at radius 1 is 0.614 bits per heavy atom. The average Bonchev–Trinajstić information content (AvgIpc) is 3.90. The standard InChI is InChI=1S/C55H46N2/c1-2-3-4-17-35-55(40-19-7-5-8-20-40)47-26-14-11-25-44(47)54-48(55)27-18-30-53(54)57-50-29-16-13-24-43(50)46-37-39(32-34-52(46)57)38-31-33-51-45(36-38)42-23-12-15-28-49(42)56(51)41-21-9-6-10-22-41/h2-7,9,11-14,16-19,21,23-27,29-31,33,35-37H,1,8,10,15,20,22,28,32,34H2/b4-3-,35-17?. The van der Waals surface area contributed by atoms with Crippen LogP contribution < -0.4 is 0 Å². The molecule has 0 amide bonds. The summed E-state index contributed by atoms with van der Waals surface area (Å²) in [7, 11) is 0. The summed E-state index contributed by atoms with van der Waals surface area (Å²) in [5, 5.41) is 2.70. The molecule has 1 unspecified atom stereocenters. The lowest BCUT2D eigenvalue weighted by molar-refractivity contribution is 0.717. The van der Waals surface area contributed by atoms with Gasteiger partial charge in [-0.1, -0.05) is 146 Å². The van der Waals surface area contributed by atoms with E-state index in [4.69, 9.17) is 0 Å². The van der Waals surface area contributed by atoms with Crippen molar-refractivity contribution in [1.82, 2.24) is 9.13 Å². The highest BCUT2D eigenvalue weighted by Gasteiger charge is 2.45. The van der Waals surface area contributed by atoms with Crippen molar-refractivity contribution >= 4 is 45.2 Å². The molecule has 2 heteroatoms. The molecule has 0 bridgehead atoms. The summed E-state index contributed by atoms with van der Waals surface area (Å²) in [6, 6.07) is 32.5. The number of fused-ring (bicyclic) bond motifs is 9. The molecule has 5 aliphatic carbocycles. The summed E-state index contributed by atoms with van der Waals surface area (Å²) in [6.07, 6.45) is 40.1. The van der Waals surface area contributed by atoms with E-state index in [0.29, 0.717) is 0 Å². The van der Waals surface area contributed by atoms with Crippen LogP contribution in [-0.2, 0) is 18.3 Å². The van der Waals surface area contributed by atoms with Gasteiger partial charge in [0.25, 0.3) is 0 Å². The van der Waals surface area contributed by atoms with Gasteiger partial charge in [-0.2, -0.15) is 0 Å². The van der Waals surface area contributed by atoms with Gasteiger partial charge in [0.05, 0.1) is 22.1 Å². The van der Waals surface area contributed by atoms with Gasteiger partial charge in [0.1, 0.15) is 0 Å². The minimum Gasteiger partial charge on any atom is -0.317 e. The summed E-state index contributed by atoms with van der Waals surface area (Å²) in [6.45, 7) is 3.92.